The van der Waals surface area contributed by atoms with E-state index in [2.05, 4.69) is 22.4 Å². The molecule has 1 unspecified atom stereocenters. The number of benzene rings is 1. The smallest absolute Gasteiger partial charge is 0.0966 e. The summed E-state index contributed by atoms with van der Waals surface area (Å²) in [5.74, 6) is 0. The Labute approximate surface area is 106 Å². The zero-order chi connectivity index (χ0) is 12.8. The summed E-state index contributed by atoms with van der Waals surface area (Å²) in [6.07, 6.45) is 2.76. The molecule has 2 aromatic rings. The van der Waals surface area contributed by atoms with Gasteiger partial charge in [0.15, 0.2) is 0 Å². The van der Waals surface area contributed by atoms with E-state index in [-0.39, 0.29) is 13.2 Å². The third-order valence-electron chi connectivity index (χ3n) is 2.71. The lowest BCUT2D eigenvalue weighted by atomic mass is 10.1. The number of aliphatic hydroxyl groups excluding tert-OH is 2. The van der Waals surface area contributed by atoms with Gasteiger partial charge < -0.3 is 10.2 Å². The van der Waals surface area contributed by atoms with Crippen LogP contribution in [0.1, 0.15) is 11.3 Å². The van der Waals surface area contributed by atoms with Crippen LogP contribution in [0.2, 0.25) is 0 Å². The molecule has 5 heteroatoms. The number of aromatic nitrogens is 3. The van der Waals surface area contributed by atoms with Crippen LogP contribution in [0.3, 0.4) is 0 Å². The van der Waals surface area contributed by atoms with Crippen LogP contribution < -0.4 is 0 Å². The van der Waals surface area contributed by atoms with E-state index in [0.717, 1.165) is 18.5 Å². The molecule has 0 aliphatic rings. The summed E-state index contributed by atoms with van der Waals surface area (Å²) in [5.41, 5.74) is 2.16. The van der Waals surface area contributed by atoms with Gasteiger partial charge in [0.1, 0.15) is 0 Å². The van der Waals surface area contributed by atoms with Crippen molar-refractivity contribution >= 4 is 0 Å². The lowest BCUT2D eigenvalue weighted by Crippen LogP contribution is -2.20. The Morgan fingerprint density at radius 2 is 1.94 bits per heavy atom. The van der Waals surface area contributed by atoms with Crippen LogP contribution in [0.4, 0.5) is 0 Å². The SMILES string of the molecule is OCC(O)Cn1cc(CCc2ccccc2)nn1. The molecule has 18 heavy (non-hydrogen) atoms. The van der Waals surface area contributed by atoms with E-state index in [9.17, 15) is 5.11 Å². The van der Waals surface area contributed by atoms with Gasteiger partial charge in [0.25, 0.3) is 0 Å². The minimum atomic E-state index is -0.784. The molecule has 0 aliphatic heterocycles. The number of nitrogens with zero attached hydrogens (tertiary/aromatic N) is 3. The number of aliphatic hydroxyl groups is 2. The maximum Gasteiger partial charge on any atom is 0.0966 e. The summed E-state index contributed by atoms with van der Waals surface area (Å²) in [4.78, 5) is 0. The fourth-order valence-corrected chi connectivity index (χ4v) is 1.73. The highest BCUT2D eigenvalue weighted by Gasteiger charge is 2.06. The minimum Gasteiger partial charge on any atom is -0.394 e. The van der Waals surface area contributed by atoms with E-state index in [4.69, 9.17) is 5.11 Å². The molecular weight excluding hydrogens is 230 g/mol. The Kier molecular flexibility index (Phi) is 4.44. The zero-order valence-electron chi connectivity index (χ0n) is 10.1. The van der Waals surface area contributed by atoms with E-state index in [1.165, 1.54) is 5.56 Å². The van der Waals surface area contributed by atoms with Gasteiger partial charge in [-0.05, 0) is 18.4 Å². The second-order valence-electron chi connectivity index (χ2n) is 4.25. The van der Waals surface area contributed by atoms with Crippen LogP contribution in [-0.4, -0.2) is 37.9 Å². The standard InChI is InChI=1S/C13H17N3O2/c17-10-13(18)9-16-8-12(14-15-16)7-6-11-4-2-1-3-5-11/h1-5,8,13,17-18H,6-7,9-10H2. The van der Waals surface area contributed by atoms with Crippen molar-refractivity contribution in [2.75, 3.05) is 6.61 Å². The predicted octanol–water partition coefficient (Wildman–Crippen LogP) is 0.416. The van der Waals surface area contributed by atoms with E-state index in [1.807, 2.05) is 24.4 Å². The third-order valence-corrected chi connectivity index (χ3v) is 2.71. The van der Waals surface area contributed by atoms with Gasteiger partial charge in [0, 0.05) is 6.20 Å². The number of hydrogen-bond acceptors (Lipinski definition) is 4. The van der Waals surface area contributed by atoms with Crippen LogP contribution in [0.15, 0.2) is 36.5 Å². The monoisotopic (exact) mass is 247 g/mol. The molecule has 0 spiro atoms. The molecule has 2 rings (SSSR count). The first-order valence-electron chi connectivity index (χ1n) is 6.00. The van der Waals surface area contributed by atoms with Crippen molar-refractivity contribution < 1.29 is 10.2 Å². The first-order valence-corrected chi connectivity index (χ1v) is 6.00. The maximum atomic E-state index is 9.29. The van der Waals surface area contributed by atoms with Gasteiger partial charge in [0.2, 0.25) is 0 Å². The second-order valence-corrected chi connectivity index (χ2v) is 4.25. The molecule has 1 aromatic heterocycles. The molecule has 0 saturated carbocycles. The Bertz CT molecular complexity index is 470. The van der Waals surface area contributed by atoms with Gasteiger partial charge in [-0.1, -0.05) is 35.5 Å². The normalized spacial score (nSPS) is 12.6. The molecule has 0 amide bonds. The van der Waals surface area contributed by atoms with E-state index < -0.39 is 6.10 Å². The average Bonchev–Trinajstić information content (AvgIpc) is 2.85. The average molecular weight is 247 g/mol. The predicted molar refractivity (Wildman–Crippen MR) is 67.0 cm³/mol. The molecule has 1 heterocycles. The van der Waals surface area contributed by atoms with Crippen LogP contribution >= 0.6 is 0 Å². The Balaban J connectivity index is 1.87. The highest BCUT2D eigenvalue weighted by molar-refractivity contribution is 5.15. The van der Waals surface area contributed by atoms with Crippen LogP contribution in [0, 0.1) is 0 Å². The zero-order valence-corrected chi connectivity index (χ0v) is 10.1. The fourth-order valence-electron chi connectivity index (χ4n) is 1.73. The van der Waals surface area contributed by atoms with E-state index in [1.54, 1.807) is 4.68 Å². The van der Waals surface area contributed by atoms with Gasteiger partial charge in [-0.2, -0.15) is 0 Å². The van der Waals surface area contributed by atoms with Crippen LogP contribution in [0.5, 0.6) is 0 Å². The number of aryl methyl sites for hydroxylation is 2. The second kappa shape index (κ2) is 6.28. The van der Waals surface area contributed by atoms with Crippen molar-refractivity contribution in [3.05, 3.63) is 47.8 Å². The largest absolute Gasteiger partial charge is 0.394 e. The van der Waals surface area contributed by atoms with Crippen molar-refractivity contribution in [3.8, 4) is 0 Å². The molecule has 5 nitrogen and oxygen atoms in total. The first kappa shape index (κ1) is 12.7. The molecule has 1 atom stereocenters. The summed E-state index contributed by atoms with van der Waals surface area (Å²) in [5, 5.41) is 26.0. The third kappa shape index (κ3) is 3.65. The van der Waals surface area contributed by atoms with Crippen molar-refractivity contribution in [3.63, 3.8) is 0 Å². The molecule has 0 bridgehead atoms. The molecule has 1 aromatic carbocycles. The Morgan fingerprint density at radius 3 is 2.67 bits per heavy atom. The quantitative estimate of drug-likeness (QED) is 0.776. The Morgan fingerprint density at radius 1 is 1.17 bits per heavy atom. The highest BCUT2D eigenvalue weighted by atomic mass is 16.3. The van der Waals surface area contributed by atoms with Crippen molar-refractivity contribution in [2.24, 2.45) is 0 Å². The fraction of sp³-hybridized carbons (Fsp3) is 0.385. The maximum absolute atomic E-state index is 9.29. The highest BCUT2D eigenvalue weighted by Crippen LogP contribution is 2.04. The van der Waals surface area contributed by atoms with Crippen molar-refractivity contribution in [2.45, 2.75) is 25.5 Å². The molecular formula is C13H17N3O2. The van der Waals surface area contributed by atoms with E-state index >= 15 is 0 Å². The lowest BCUT2D eigenvalue weighted by Gasteiger charge is -2.04. The number of hydrogen-bond donors (Lipinski definition) is 2. The topological polar surface area (TPSA) is 71.2 Å². The summed E-state index contributed by atoms with van der Waals surface area (Å²) < 4.78 is 1.56. The lowest BCUT2D eigenvalue weighted by molar-refractivity contribution is 0.0778. The van der Waals surface area contributed by atoms with E-state index in [0.29, 0.717) is 0 Å². The molecule has 96 valence electrons. The molecule has 0 aliphatic carbocycles. The van der Waals surface area contributed by atoms with Gasteiger partial charge in [0.05, 0.1) is 24.9 Å². The van der Waals surface area contributed by atoms with Crippen molar-refractivity contribution in [1.82, 2.24) is 15.0 Å². The molecule has 0 saturated heterocycles. The minimum absolute atomic E-state index is 0.265. The molecule has 2 N–H and O–H groups in total. The molecule has 0 fully saturated rings. The van der Waals surface area contributed by atoms with Gasteiger partial charge in [-0.3, -0.25) is 0 Å². The van der Waals surface area contributed by atoms with Crippen molar-refractivity contribution in [1.29, 1.82) is 0 Å². The summed E-state index contributed by atoms with van der Waals surface area (Å²) in [7, 11) is 0. The Hall–Kier alpha value is -1.72. The summed E-state index contributed by atoms with van der Waals surface area (Å²) in [6.45, 7) is 0.00798. The van der Waals surface area contributed by atoms with Gasteiger partial charge >= 0.3 is 0 Å². The first-order chi connectivity index (χ1) is 8.78. The van der Waals surface area contributed by atoms with Crippen LogP contribution in [0.25, 0.3) is 0 Å². The summed E-state index contributed by atoms with van der Waals surface area (Å²) in [6, 6.07) is 10.2. The summed E-state index contributed by atoms with van der Waals surface area (Å²) >= 11 is 0. The molecule has 0 radical (unpaired) electrons. The van der Waals surface area contributed by atoms with Gasteiger partial charge in [-0.25, -0.2) is 4.68 Å². The number of rotatable bonds is 6. The van der Waals surface area contributed by atoms with Crippen LogP contribution in [-0.2, 0) is 19.4 Å². The van der Waals surface area contributed by atoms with Gasteiger partial charge in [-0.15, -0.1) is 5.10 Å².